The zero-order valence-corrected chi connectivity index (χ0v) is 10.1. The molecule has 1 saturated carbocycles. The van der Waals surface area contributed by atoms with E-state index in [1.54, 1.807) is 0 Å². The molecule has 5 heteroatoms. The molecule has 2 atom stereocenters. The number of carboxylic acids is 1. The van der Waals surface area contributed by atoms with Crippen LogP contribution in [0.15, 0.2) is 4.52 Å². The van der Waals surface area contributed by atoms with Crippen molar-refractivity contribution in [2.24, 2.45) is 5.92 Å². The molecule has 5 nitrogen and oxygen atoms in total. The van der Waals surface area contributed by atoms with E-state index < -0.39 is 5.97 Å². The number of carboxylic acid groups (broad SMARTS) is 1. The number of aryl methyl sites for hydroxylation is 1. The van der Waals surface area contributed by atoms with Crippen molar-refractivity contribution in [3.8, 4) is 0 Å². The Kier molecular flexibility index (Phi) is 3.76. The van der Waals surface area contributed by atoms with Crippen LogP contribution in [-0.4, -0.2) is 21.2 Å². The summed E-state index contributed by atoms with van der Waals surface area (Å²) in [5.74, 6) is 1.77. The molecule has 1 fully saturated rings. The maximum atomic E-state index is 10.4. The average molecular weight is 238 g/mol. The molecule has 1 heterocycles. The Hall–Kier alpha value is -1.39. The van der Waals surface area contributed by atoms with Gasteiger partial charge in [-0.2, -0.15) is 4.98 Å². The minimum atomic E-state index is -0.783. The molecule has 1 aliphatic rings. The Morgan fingerprint density at radius 3 is 3.00 bits per heavy atom. The average Bonchev–Trinajstić information content (AvgIpc) is 2.86. The van der Waals surface area contributed by atoms with Crippen LogP contribution < -0.4 is 0 Å². The summed E-state index contributed by atoms with van der Waals surface area (Å²) in [5, 5.41) is 12.5. The molecule has 1 aromatic rings. The highest BCUT2D eigenvalue weighted by Crippen LogP contribution is 2.36. The van der Waals surface area contributed by atoms with Gasteiger partial charge < -0.3 is 9.63 Å². The maximum absolute atomic E-state index is 10.4. The molecule has 0 saturated heterocycles. The molecule has 2 unspecified atom stereocenters. The van der Waals surface area contributed by atoms with Crippen molar-refractivity contribution in [1.29, 1.82) is 0 Å². The molecule has 1 aliphatic carbocycles. The first-order chi connectivity index (χ1) is 8.15. The van der Waals surface area contributed by atoms with Crippen LogP contribution in [-0.2, 0) is 11.2 Å². The van der Waals surface area contributed by atoms with Crippen LogP contribution in [0.2, 0.25) is 0 Å². The molecule has 1 N–H and O–H groups in total. The van der Waals surface area contributed by atoms with Gasteiger partial charge in [0.25, 0.3) is 0 Å². The van der Waals surface area contributed by atoms with Gasteiger partial charge in [-0.3, -0.25) is 4.79 Å². The fourth-order valence-electron chi connectivity index (χ4n) is 2.37. The lowest BCUT2D eigenvalue weighted by Gasteiger charge is -2.01. The van der Waals surface area contributed by atoms with Crippen molar-refractivity contribution in [3.05, 3.63) is 11.7 Å². The molecule has 0 amide bonds. The summed E-state index contributed by atoms with van der Waals surface area (Å²) < 4.78 is 5.14. The molecule has 2 rings (SSSR count). The molecule has 0 aliphatic heterocycles. The Morgan fingerprint density at radius 1 is 1.53 bits per heavy atom. The van der Waals surface area contributed by atoms with E-state index >= 15 is 0 Å². The van der Waals surface area contributed by atoms with Crippen LogP contribution in [0.25, 0.3) is 0 Å². The molecule has 0 bridgehead atoms. The van der Waals surface area contributed by atoms with Gasteiger partial charge in [-0.1, -0.05) is 12.1 Å². The fraction of sp³-hybridized carbons (Fsp3) is 0.750. The lowest BCUT2D eigenvalue weighted by atomic mass is 10.1. The second-order valence-electron chi connectivity index (χ2n) is 4.91. The van der Waals surface area contributed by atoms with Crippen LogP contribution in [0.1, 0.15) is 56.7 Å². The Bertz CT molecular complexity index is 389. The smallest absolute Gasteiger partial charge is 0.303 e. The van der Waals surface area contributed by atoms with E-state index in [0.29, 0.717) is 24.7 Å². The summed E-state index contributed by atoms with van der Waals surface area (Å²) >= 11 is 0. The highest BCUT2D eigenvalue weighted by molar-refractivity contribution is 5.66. The summed E-state index contributed by atoms with van der Waals surface area (Å²) in [6, 6.07) is 0. The zero-order valence-electron chi connectivity index (χ0n) is 10.1. The first-order valence-electron chi connectivity index (χ1n) is 6.19. The van der Waals surface area contributed by atoms with E-state index in [0.717, 1.165) is 24.6 Å². The van der Waals surface area contributed by atoms with Crippen LogP contribution >= 0.6 is 0 Å². The molecular weight excluding hydrogens is 220 g/mol. The number of carbonyl (C=O) groups is 1. The van der Waals surface area contributed by atoms with Crippen LogP contribution in [0.4, 0.5) is 0 Å². The Labute approximate surface area is 100 Å². The number of nitrogens with zero attached hydrogens (tertiary/aromatic N) is 2. The summed E-state index contributed by atoms with van der Waals surface area (Å²) in [7, 11) is 0. The van der Waals surface area contributed by atoms with Crippen molar-refractivity contribution >= 4 is 5.97 Å². The third-order valence-corrected chi connectivity index (χ3v) is 3.33. The minimum Gasteiger partial charge on any atom is -0.481 e. The van der Waals surface area contributed by atoms with E-state index in [9.17, 15) is 4.79 Å². The zero-order chi connectivity index (χ0) is 12.3. The fourth-order valence-corrected chi connectivity index (χ4v) is 2.37. The molecule has 0 radical (unpaired) electrons. The van der Waals surface area contributed by atoms with E-state index in [2.05, 4.69) is 17.1 Å². The third-order valence-electron chi connectivity index (χ3n) is 3.33. The lowest BCUT2D eigenvalue weighted by molar-refractivity contribution is -0.137. The first kappa shape index (κ1) is 12.1. The Morgan fingerprint density at radius 2 is 2.35 bits per heavy atom. The summed E-state index contributed by atoms with van der Waals surface area (Å²) in [6.07, 6.45) is 4.76. The second-order valence-corrected chi connectivity index (χ2v) is 4.91. The number of aromatic nitrogens is 2. The standard InChI is InChI=1S/C12H18N2O3/c1-8-5-6-9(7-8)12-13-10(17-14-12)3-2-4-11(15)16/h8-9H,2-7H2,1H3,(H,15,16). The van der Waals surface area contributed by atoms with Gasteiger partial charge in [0.15, 0.2) is 5.82 Å². The van der Waals surface area contributed by atoms with Gasteiger partial charge >= 0.3 is 5.97 Å². The van der Waals surface area contributed by atoms with Crippen molar-refractivity contribution in [3.63, 3.8) is 0 Å². The molecule has 0 spiro atoms. The van der Waals surface area contributed by atoms with Crippen molar-refractivity contribution < 1.29 is 14.4 Å². The molecule has 94 valence electrons. The molecule has 0 aromatic carbocycles. The number of aliphatic carboxylic acids is 1. The van der Waals surface area contributed by atoms with Gasteiger partial charge in [-0.15, -0.1) is 0 Å². The molecular formula is C12H18N2O3. The SMILES string of the molecule is CC1CCC(c2noc(CCCC(=O)O)n2)C1. The minimum absolute atomic E-state index is 0.151. The maximum Gasteiger partial charge on any atom is 0.303 e. The predicted octanol–water partition coefficient (Wildman–Crippen LogP) is 2.38. The largest absolute Gasteiger partial charge is 0.481 e. The quantitative estimate of drug-likeness (QED) is 0.852. The highest BCUT2D eigenvalue weighted by atomic mass is 16.5. The first-order valence-corrected chi connectivity index (χ1v) is 6.19. The Balaban J connectivity index is 1.85. The van der Waals surface area contributed by atoms with E-state index in [1.165, 1.54) is 6.42 Å². The number of hydrogen-bond donors (Lipinski definition) is 1. The van der Waals surface area contributed by atoms with Crippen molar-refractivity contribution in [2.75, 3.05) is 0 Å². The summed E-state index contributed by atoms with van der Waals surface area (Å²) in [5.41, 5.74) is 0. The normalized spacial score (nSPS) is 24.1. The van der Waals surface area contributed by atoms with Crippen LogP contribution in [0.5, 0.6) is 0 Å². The molecule has 1 aromatic heterocycles. The van der Waals surface area contributed by atoms with Crippen LogP contribution in [0.3, 0.4) is 0 Å². The second kappa shape index (κ2) is 5.29. The predicted molar refractivity (Wildman–Crippen MR) is 60.6 cm³/mol. The number of rotatable bonds is 5. The topological polar surface area (TPSA) is 76.2 Å². The van der Waals surface area contributed by atoms with E-state index in [-0.39, 0.29) is 6.42 Å². The van der Waals surface area contributed by atoms with Gasteiger partial charge in [-0.25, -0.2) is 0 Å². The summed E-state index contributed by atoms with van der Waals surface area (Å²) in [6.45, 7) is 2.24. The molecule has 17 heavy (non-hydrogen) atoms. The van der Waals surface area contributed by atoms with Gasteiger partial charge in [0.05, 0.1) is 0 Å². The third kappa shape index (κ3) is 3.28. The monoisotopic (exact) mass is 238 g/mol. The highest BCUT2D eigenvalue weighted by Gasteiger charge is 2.26. The van der Waals surface area contributed by atoms with Gasteiger partial charge in [0, 0.05) is 18.8 Å². The number of hydrogen-bond acceptors (Lipinski definition) is 4. The summed E-state index contributed by atoms with van der Waals surface area (Å²) in [4.78, 5) is 14.7. The van der Waals surface area contributed by atoms with Gasteiger partial charge in [0.1, 0.15) is 0 Å². The van der Waals surface area contributed by atoms with Gasteiger partial charge in [-0.05, 0) is 31.6 Å². The van der Waals surface area contributed by atoms with Crippen molar-refractivity contribution in [2.45, 2.75) is 51.4 Å². The van der Waals surface area contributed by atoms with Crippen LogP contribution in [0, 0.1) is 5.92 Å². The van der Waals surface area contributed by atoms with E-state index in [1.807, 2.05) is 0 Å². The lowest BCUT2D eigenvalue weighted by Crippen LogP contribution is -1.98. The van der Waals surface area contributed by atoms with Crippen molar-refractivity contribution in [1.82, 2.24) is 10.1 Å². The van der Waals surface area contributed by atoms with Gasteiger partial charge in [0.2, 0.25) is 5.89 Å². The van der Waals surface area contributed by atoms with E-state index in [4.69, 9.17) is 9.63 Å².